The van der Waals surface area contributed by atoms with Crippen LogP contribution in [0, 0.1) is 23.0 Å². The Morgan fingerprint density at radius 3 is 2.39 bits per heavy atom. The van der Waals surface area contributed by atoms with Crippen LogP contribution in [0.3, 0.4) is 0 Å². The molecule has 4 rings (SSSR count). The molecule has 1 heterocycles. The van der Waals surface area contributed by atoms with Gasteiger partial charge in [0.1, 0.15) is 23.5 Å². The van der Waals surface area contributed by atoms with E-state index in [-0.39, 0.29) is 35.5 Å². The van der Waals surface area contributed by atoms with Gasteiger partial charge in [-0.15, -0.1) is 0 Å². The van der Waals surface area contributed by atoms with Crippen LogP contribution in [-0.2, 0) is 27.5 Å². The van der Waals surface area contributed by atoms with Crippen LogP contribution in [0.15, 0.2) is 75.2 Å². The molecule has 3 N–H and O–H groups in total. The quantitative estimate of drug-likeness (QED) is 0.240. The van der Waals surface area contributed by atoms with Gasteiger partial charge in [-0.25, -0.2) is 17.2 Å². The molecule has 0 aliphatic rings. The number of aromatic hydroxyl groups is 1. The van der Waals surface area contributed by atoms with Gasteiger partial charge in [0, 0.05) is 6.42 Å². The van der Waals surface area contributed by atoms with Crippen molar-refractivity contribution in [3.63, 3.8) is 0 Å². The Balaban J connectivity index is 1.86. The summed E-state index contributed by atoms with van der Waals surface area (Å²) in [6.07, 6.45) is 1.56. The zero-order valence-electron chi connectivity index (χ0n) is 24.0. The summed E-state index contributed by atoms with van der Waals surface area (Å²) in [5, 5.41) is 20.0. The average Bonchev–Trinajstić information content (AvgIpc) is 2.97. The molecule has 0 spiro atoms. The maximum atomic E-state index is 14.6. The van der Waals surface area contributed by atoms with Crippen molar-refractivity contribution < 1.29 is 27.1 Å². The topological polar surface area (TPSA) is 156 Å². The minimum atomic E-state index is -4.63. The summed E-state index contributed by atoms with van der Waals surface area (Å²) in [4.78, 5) is 28.4. The molecular weight excluding hydrogens is 590 g/mol. The largest absolute Gasteiger partial charge is 0.492 e. The molecule has 228 valence electrons. The highest BCUT2D eigenvalue weighted by Crippen LogP contribution is 2.31. The summed E-state index contributed by atoms with van der Waals surface area (Å²) >= 11 is 0. The number of amides is 1. The summed E-state index contributed by atoms with van der Waals surface area (Å²) in [5.74, 6) is -2.85. The van der Waals surface area contributed by atoms with Gasteiger partial charge in [0.2, 0.25) is 21.6 Å². The van der Waals surface area contributed by atoms with Crippen LogP contribution < -0.4 is 11.3 Å². The third kappa shape index (κ3) is 6.38. The normalized spacial score (nSPS) is 12.1. The molecular formula is C32H30F2N4O5S. The van der Waals surface area contributed by atoms with Gasteiger partial charge in [-0.3, -0.25) is 14.2 Å². The van der Waals surface area contributed by atoms with Crippen LogP contribution >= 0.6 is 0 Å². The fraction of sp³-hybridized carbons (Fsp3) is 0.250. The first-order valence-electron chi connectivity index (χ1n) is 13.9. The first-order valence-corrected chi connectivity index (χ1v) is 15.4. The molecule has 1 atom stereocenters. The summed E-state index contributed by atoms with van der Waals surface area (Å²) in [5.41, 5.74) is 5.66. The lowest BCUT2D eigenvalue weighted by Crippen LogP contribution is -2.33. The summed E-state index contributed by atoms with van der Waals surface area (Å²) < 4.78 is 57.2. The van der Waals surface area contributed by atoms with Crippen molar-refractivity contribution >= 4 is 15.7 Å². The van der Waals surface area contributed by atoms with E-state index in [2.05, 4.69) is 4.98 Å². The highest BCUT2D eigenvalue weighted by Gasteiger charge is 2.32. The first-order chi connectivity index (χ1) is 20.9. The van der Waals surface area contributed by atoms with Gasteiger partial charge in [-0.05, 0) is 71.5 Å². The number of hydrogen-bond donors (Lipinski definition) is 2. The van der Waals surface area contributed by atoms with Crippen molar-refractivity contribution in [3.8, 4) is 23.1 Å². The summed E-state index contributed by atoms with van der Waals surface area (Å²) in [7, 11) is -4.63. The molecule has 0 aliphatic carbocycles. The number of aryl methyl sites for hydroxylation is 1. The van der Waals surface area contributed by atoms with E-state index in [0.29, 0.717) is 28.7 Å². The van der Waals surface area contributed by atoms with Crippen LogP contribution in [0.4, 0.5) is 8.78 Å². The fourth-order valence-electron chi connectivity index (χ4n) is 5.12. The molecule has 0 aliphatic heterocycles. The number of sulfone groups is 1. The predicted molar refractivity (Wildman–Crippen MR) is 159 cm³/mol. The Bertz CT molecular complexity index is 1930. The molecule has 0 unspecified atom stereocenters. The second-order valence-electron chi connectivity index (χ2n) is 10.2. The molecule has 3 aromatic carbocycles. The number of carbonyl (C=O) groups excluding carboxylic acids is 1. The minimum Gasteiger partial charge on any atom is -0.492 e. The van der Waals surface area contributed by atoms with E-state index in [9.17, 15) is 31.9 Å². The maximum absolute atomic E-state index is 14.6. The number of benzene rings is 3. The van der Waals surface area contributed by atoms with E-state index in [1.165, 1.54) is 59.2 Å². The SMILES string of the molecule is CCCCc1nc(O)c(S(=O)(=O)c2ccc(-c3ccc(F)cc3CC(N)=O)cc2)c(=O)n1[C@@H](CC)c1ccc(C#N)c(F)c1. The predicted octanol–water partition coefficient (Wildman–Crippen LogP) is 4.97. The molecule has 0 saturated carbocycles. The monoisotopic (exact) mass is 620 g/mol. The van der Waals surface area contributed by atoms with E-state index in [1.54, 1.807) is 13.0 Å². The number of hydrogen-bond acceptors (Lipinski definition) is 7. The minimum absolute atomic E-state index is 0.138. The van der Waals surface area contributed by atoms with Crippen molar-refractivity contribution in [1.82, 2.24) is 9.55 Å². The molecule has 0 bridgehead atoms. The number of aromatic nitrogens is 2. The van der Waals surface area contributed by atoms with Crippen LogP contribution in [0.1, 0.15) is 61.7 Å². The van der Waals surface area contributed by atoms with Gasteiger partial charge < -0.3 is 10.8 Å². The number of primary amides is 1. The van der Waals surface area contributed by atoms with Gasteiger partial charge in [-0.1, -0.05) is 44.5 Å². The van der Waals surface area contributed by atoms with E-state index in [1.807, 2.05) is 6.92 Å². The number of carbonyl (C=O) groups is 1. The Hall–Kier alpha value is -4.89. The molecule has 9 nitrogen and oxygen atoms in total. The van der Waals surface area contributed by atoms with Gasteiger partial charge in [0.15, 0.2) is 4.90 Å². The number of unbranched alkanes of at least 4 members (excludes halogenated alkanes) is 1. The molecule has 1 aromatic heterocycles. The molecule has 12 heteroatoms. The Labute approximate surface area is 253 Å². The van der Waals surface area contributed by atoms with Crippen molar-refractivity contribution in [3.05, 3.63) is 105 Å². The summed E-state index contributed by atoms with van der Waals surface area (Å²) in [6.45, 7) is 3.65. The van der Waals surface area contributed by atoms with Crippen molar-refractivity contribution in [2.45, 2.75) is 61.8 Å². The summed E-state index contributed by atoms with van der Waals surface area (Å²) in [6, 6.07) is 13.9. The number of nitrogens with two attached hydrogens (primary N) is 1. The zero-order chi connectivity index (χ0) is 32.2. The second-order valence-corrected chi connectivity index (χ2v) is 12.1. The third-order valence-corrected chi connectivity index (χ3v) is 9.04. The smallest absolute Gasteiger partial charge is 0.277 e. The van der Waals surface area contributed by atoms with E-state index in [4.69, 9.17) is 11.0 Å². The molecule has 0 saturated heterocycles. The molecule has 0 radical (unpaired) electrons. The van der Waals surface area contributed by atoms with Crippen LogP contribution in [-0.4, -0.2) is 29.0 Å². The average molecular weight is 621 g/mol. The van der Waals surface area contributed by atoms with E-state index < -0.39 is 49.8 Å². The van der Waals surface area contributed by atoms with E-state index >= 15 is 0 Å². The van der Waals surface area contributed by atoms with Crippen molar-refractivity contribution in [2.75, 3.05) is 0 Å². The number of halogens is 2. The number of rotatable bonds is 11. The second kappa shape index (κ2) is 13.2. The van der Waals surface area contributed by atoms with Gasteiger partial charge in [-0.2, -0.15) is 10.2 Å². The Morgan fingerprint density at radius 2 is 1.80 bits per heavy atom. The molecule has 0 fully saturated rings. The van der Waals surface area contributed by atoms with Gasteiger partial charge in [0.05, 0.1) is 22.9 Å². The third-order valence-electron chi connectivity index (χ3n) is 7.26. The maximum Gasteiger partial charge on any atom is 0.277 e. The van der Waals surface area contributed by atoms with Crippen molar-refractivity contribution in [1.29, 1.82) is 5.26 Å². The lowest BCUT2D eigenvalue weighted by atomic mass is 9.97. The lowest BCUT2D eigenvalue weighted by molar-refractivity contribution is -0.117. The molecule has 44 heavy (non-hydrogen) atoms. The number of nitrogens with zero attached hydrogens (tertiary/aromatic N) is 3. The Kier molecular flexibility index (Phi) is 9.59. The standard InChI is InChI=1S/C32H30F2N4O5S/c1-3-5-6-29-37-31(40)30(32(41)38(29)27(4-2)20-7-8-21(18-35)26(34)16-20)44(42,43)24-12-9-19(10-13-24)25-14-11-23(33)15-22(25)17-28(36)39/h7-16,27,40H,3-6,17H2,1-2H3,(H2,36,39)/t27-/m0/s1. The van der Waals surface area contributed by atoms with Crippen molar-refractivity contribution in [2.24, 2.45) is 5.73 Å². The van der Waals surface area contributed by atoms with Crippen LogP contribution in [0.2, 0.25) is 0 Å². The molecule has 1 amide bonds. The fourth-order valence-corrected chi connectivity index (χ4v) is 6.47. The van der Waals surface area contributed by atoms with Crippen LogP contribution in [0.5, 0.6) is 5.88 Å². The number of nitriles is 1. The van der Waals surface area contributed by atoms with Gasteiger partial charge in [0.25, 0.3) is 5.56 Å². The highest BCUT2D eigenvalue weighted by atomic mass is 32.2. The molecule has 4 aromatic rings. The Morgan fingerprint density at radius 1 is 1.09 bits per heavy atom. The zero-order valence-corrected chi connectivity index (χ0v) is 24.9. The van der Waals surface area contributed by atoms with Crippen LogP contribution in [0.25, 0.3) is 11.1 Å². The highest BCUT2D eigenvalue weighted by molar-refractivity contribution is 7.91. The van der Waals surface area contributed by atoms with E-state index in [0.717, 1.165) is 12.5 Å². The lowest BCUT2D eigenvalue weighted by Gasteiger charge is -2.23. The first kappa shape index (κ1) is 32.0. The van der Waals surface area contributed by atoms with Gasteiger partial charge >= 0.3 is 0 Å².